The molecule has 1 amide bonds. The van der Waals surface area contributed by atoms with Crippen LogP contribution in [0.4, 0.5) is 0 Å². The Morgan fingerprint density at radius 2 is 1.54 bits per heavy atom. The molecule has 0 saturated carbocycles. The van der Waals surface area contributed by atoms with Crippen molar-refractivity contribution in [3.8, 4) is 0 Å². The van der Waals surface area contributed by atoms with Gasteiger partial charge in [-0.2, -0.15) is 0 Å². The minimum absolute atomic E-state index is 0.0341. The number of amides is 1. The van der Waals surface area contributed by atoms with Crippen molar-refractivity contribution in [3.05, 3.63) is 93.6 Å². The largest absolute Gasteiger partial charge is 0.469 e. The Hall–Kier alpha value is -6.08. The van der Waals surface area contributed by atoms with Gasteiger partial charge in [-0.15, -0.1) is 0 Å². The van der Waals surface area contributed by atoms with E-state index in [-0.39, 0.29) is 30.3 Å². The Morgan fingerprint density at radius 1 is 0.847 bits per heavy atom. The fourth-order valence-electron chi connectivity index (χ4n) is 8.40. The summed E-state index contributed by atoms with van der Waals surface area (Å²) in [6.07, 6.45) is 7.33. The quantitative estimate of drug-likeness (QED) is 0.0961. The lowest BCUT2D eigenvalue weighted by Gasteiger charge is -2.36. The minimum atomic E-state index is -1.16. The van der Waals surface area contributed by atoms with Crippen molar-refractivity contribution in [2.24, 2.45) is 5.92 Å². The molecule has 1 aliphatic carbocycles. The van der Waals surface area contributed by atoms with E-state index in [1.807, 2.05) is 72.1 Å². The molecule has 59 heavy (non-hydrogen) atoms. The molecule has 0 fully saturated rings. The highest BCUT2D eigenvalue weighted by Crippen LogP contribution is 2.52. The molecule has 3 N–H and O–H groups in total. The first-order valence-corrected chi connectivity index (χ1v) is 19.8. The smallest absolute Gasteiger partial charge is 0.334 e. The van der Waals surface area contributed by atoms with Crippen LogP contribution < -0.4 is 5.32 Å². The van der Waals surface area contributed by atoms with Gasteiger partial charge >= 0.3 is 17.9 Å². The third kappa shape index (κ3) is 8.16. The van der Waals surface area contributed by atoms with Crippen molar-refractivity contribution in [3.63, 3.8) is 0 Å². The van der Waals surface area contributed by atoms with Crippen molar-refractivity contribution in [2.75, 3.05) is 48.5 Å². The monoisotopic (exact) mass is 802 g/mol. The van der Waals surface area contributed by atoms with E-state index in [1.165, 1.54) is 21.3 Å². The molecule has 8 bridgehead atoms. The van der Waals surface area contributed by atoms with Crippen molar-refractivity contribution < 1.29 is 33.4 Å². The molecule has 3 aromatic rings. The summed E-state index contributed by atoms with van der Waals surface area (Å²) in [5.74, 6) is -2.71. The van der Waals surface area contributed by atoms with Crippen LogP contribution in [0.3, 0.4) is 0 Å². The topological polar surface area (TPSA) is 169 Å². The van der Waals surface area contributed by atoms with Crippen LogP contribution in [0, 0.1) is 19.8 Å². The standard InChI is InChI=1S/C46H54N6O7/c1-11-28-25(2)34-22-39-32-16-13-31(44(55)58-9)43(45(56)59-10)46(32,5)40(51-39)24-35-27(4)30(15-18-42(54)57-8)38(50-35)23-37-29(26(3)33(49-37)21-36(28)48-34)14-17-41(53)47-19-12-20-52(6)7/h11,13,16,21-24,43,48,50H,1,12,14-15,17-20H2,2-10H3,(H,47,53)/t43-,46+/m0/s1. The number of aryl methyl sites for hydroxylation is 3. The van der Waals surface area contributed by atoms with Gasteiger partial charge in [-0.3, -0.25) is 19.4 Å². The van der Waals surface area contributed by atoms with E-state index < -0.39 is 23.3 Å². The van der Waals surface area contributed by atoms with E-state index in [0.717, 1.165) is 74.2 Å². The molecule has 5 heterocycles. The molecule has 0 aromatic carbocycles. The zero-order valence-electron chi connectivity index (χ0n) is 35.5. The molecule has 13 heteroatoms. The maximum atomic E-state index is 13.8. The van der Waals surface area contributed by atoms with Crippen LogP contribution in [0.5, 0.6) is 0 Å². The number of aromatic amines is 2. The molecule has 2 atom stereocenters. The number of H-pyrrole nitrogens is 2. The number of hydrogen-bond donors (Lipinski definition) is 3. The number of ether oxygens (including phenoxy) is 3. The summed E-state index contributed by atoms with van der Waals surface area (Å²) in [4.78, 5) is 72.3. The van der Waals surface area contributed by atoms with Gasteiger partial charge in [0.25, 0.3) is 0 Å². The molecule has 6 rings (SSSR count). The Bertz CT molecular complexity index is 2500. The van der Waals surface area contributed by atoms with Gasteiger partial charge in [-0.05, 0) is 125 Å². The molecular formula is C46H54N6O7. The molecule has 3 aromatic heterocycles. The van der Waals surface area contributed by atoms with Crippen molar-refractivity contribution >= 4 is 68.7 Å². The summed E-state index contributed by atoms with van der Waals surface area (Å²) in [7, 11) is 7.96. The minimum Gasteiger partial charge on any atom is -0.469 e. The molecule has 3 aliphatic rings. The number of methoxy groups -OCH3 is 3. The summed E-state index contributed by atoms with van der Waals surface area (Å²) in [5.41, 5.74) is 10.7. The number of carbonyl (C=O) groups is 4. The lowest BCUT2D eigenvalue weighted by molar-refractivity contribution is -0.149. The second-order valence-electron chi connectivity index (χ2n) is 15.6. The second kappa shape index (κ2) is 17.4. The number of carbonyl (C=O) groups excluding carboxylic acids is 4. The van der Waals surface area contributed by atoms with Gasteiger partial charge in [0.2, 0.25) is 5.91 Å². The van der Waals surface area contributed by atoms with E-state index in [1.54, 1.807) is 12.2 Å². The van der Waals surface area contributed by atoms with E-state index >= 15 is 0 Å². The number of esters is 3. The van der Waals surface area contributed by atoms with E-state index in [0.29, 0.717) is 42.0 Å². The van der Waals surface area contributed by atoms with Gasteiger partial charge in [-0.25, -0.2) is 9.78 Å². The van der Waals surface area contributed by atoms with Crippen LogP contribution in [0.2, 0.25) is 0 Å². The maximum Gasteiger partial charge on any atom is 0.334 e. The van der Waals surface area contributed by atoms with Gasteiger partial charge in [0.05, 0.1) is 55.1 Å². The average Bonchev–Trinajstić information content (AvgIpc) is 3.87. The number of nitrogens with zero attached hydrogens (tertiary/aromatic N) is 3. The van der Waals surface area contributed by atoms with Crippen LogP contribution in [-0.4, -0.2) is 97.2 Å². The summed E-state index contributed by atoms with van der Waals surface area (Å²) in [6.45, 7) is 13.5. The molecule has 0 spiro atoms. The molecule has 13 nitrogen and oxygen atoms in total. The van der Waals surface area contributed by atoms with E-state index in [9.17, 15) is 19.2 Å². The van der Waals surface area contributed by atoms with Crippen molar-refractivity contribution in [1.82, 2.24) is 30.2 Å². The summed E-state index contributed by atoms with van der Waals surface area (Å²) in [6, 6.07) is 7.82. The zero-order valence-corrected chi connectivity index (χ0v) is 35.5. The van der Waals surface area contributed by atoms with E-state index in [2.05, 4.69) is 26.8 Å². The number of hydrogen-bond acceptors (Lipinski definition) is 10. The lowest BCUT2D eigenvalue weighted by Crippen LogP contribution is -2.42. The molecule has 0 unspecified atom stereocenters. The molecule has 310 valence electrons. The van der Waals surface area contributed by atoms with Crippen LogP contribution in [-0.2, 0) is 45.2 Å². The first-order chi connectivity index (χ1) is 28.2. The fraction of sp³-hybridized carbons (Fsp3) is 0.391. The third-order valence-electron chi connectivity index (χ3n) is 11.8. The highest BCUT2D eigenvalue weighted by Gasteiger charge is 2.53. The first-order valence-electron chi connectivity index (χ1n) is 19.8. The van der Waals surface area contributed by atoms with Gasteiger partial charge < -0.3 is 34.4 Å². The van der Waals surface area contributed by atoms with Crippen LogP contribution in [0.1, 0.15) is 84.6 Å². The Kier molecular flexibility index (Phi) is 12.6. The fourth-order valence-corrected chi connectivity index (χ4v) is 8.40. The second-order valence-corrected chi connectivity index (χ2v) is 15.6. The zero-order chi connectivity index (χ0) is 42.8. The van der Waals surface area contributed by atoms with Crippen molar-refractivity contribution in [1.29, 1.82) is 0 Å². The average molecular weight is 803 g/mol. The van der Waals surface area contributed by atoms with Crippen molar-refractivity contribution in [2.45, 2.75) is 65.2 Å². The van der Waals surface area contributed by atoms with Gasteiger partial charge in [0.1, 0.15) is 5.92 Å². The summed E-state index contributed by atoms with van der Waals surface area (Å²) >= 11 is 0. The Morgan fingerprint density at radius 3 is 2.22 bits per heavy atom. The summed E-state index contributed by atoms with van der Waals surface area (Å²) < 4.78 is 15.5. The number of allylic oxidation sites excluding steroid dienone is 5. The Labute approximate surface area is 344 Å². The van der Waals surface area contributed by atoms with Crippen LogP contribution in [0.25, 0.3) is 44.9 Å². The van der Waals surface area contributed by atoms with Crippen LogP contribution in [0.15, 0.2) is 48.6 Å². The van der Waals surface area contributed by atoms with E-state index in [4.69, 9.17) is 24.2 Å². The SMILES string of the molecule is C=Cc1c(C)c2cc3nc(cc4[nH]c(cc5nc(cc1[nH]2)C(C)=C5CCC(=O)NCCCN(C)C)c(CCC(=O)OC)c4C)[C@@]1(C)C3=CC=C(C(=O)OC)[C@H]1C(=O)OC. The predicted octanol–water partition coefficient (Wildman–Crippen LogP) is 6.70. The number of fused-ring (bicyclic) bond motifs is 11. The molecule has 0 saturated heterocycles. The maximum absolute atomic E-state index is 13.8. The van der Waals surface area contributed by atoms with Gasteiger partial charge in [0, 0.05) is 47.0 Å². The highest BCUT2D eigenvalue weighted by atomic mass is 16.5. The summed E-state index contributed by atoms with van der Waals surface area (Å²) in [5, 5.41) is 3.06. The highest BCUT2D eigenvalue weighted by molar-refractivity contribution is 6.02. The molecular weight excluding hydrogens is 749 g/mol. The van der Waals surface area contributed by atoms with Gasteiger partial charge in [-0.1, -0.05) is 24.8 Å². The number of rotatable bonds is 13. The normalized spacial score (nSPS) is 17.2. The molecule has 2 aliphatic heterocycles. The third-order valence-corrected chi connectivity index (χ3v) is 11.8. The Balaban J connectivity index is 1.65. The number of aromatic nitrogens is 4. The molecule has 0 radical (unpaired) electrons. The lowest BCUT2D eigenvalue weighted by atomic mass is 9.64. The first kappa shape index (κ1) is 42.5. The predicted molar refractivity (Wildman–Crippen MR) is 230 cm³/mol. The number of nitrogens with one attached hydrogen (secondary N) is 3. The van der Waals surface area contributed by atoms with Crippen LogP contribution >= 0.6 is 0 Å². The van der Waals surface area contributed by atoms with Gasteiger partial charge in [0.15, 0.2) is 0 Å².